The molecule has 0 bridgehead atoms. The van der Waals surface area contributed by atoms with Crippen molar-refractivity contribution < 1.29 is 0 Å². The smallest absolute Gasteiger partial charge is 0.293 e. The number of nitrogens with one attached hydrogen (secondary N) is 1. The van der Waals surface area contributed by atoms with Gasteiger partial charge in [-0.25, -0.2) is 4.68 Å². The summed E-state index contributed by atoms with van der Waals surface area (Å²) in [5, 5.41) is 12.0. The Morgan fingerprint density at radius 2 is 1.75 bits per heavy atom. The van der Waals surface area contributed by atoms with Crippen LogP contribution in [0.4, 0.5) is 11.4 Å². The first kappa shape index (κ1) is 16.5. The number of aromatic nitrogens is 2. The number of nitrogens with zero attached hydrogens (tertiary/aromatic N) is 3. The third-order valence-electron chi connectivity index (χ3n) is 3.57. The molecule has 1 heterocycles. The van der Waals surface area contributed by atoms with E-state index in [2.05, 4.69) is 15.3 Å². The van der Waals surface area contributed by atoms with Crippen LogP contribution >= 0.6 is 23.2 Å². The molecule has 0 radical (unpaired) electrons. The number of benzene rings is 2. The number of rotatable bonds is 3. The summed E-state index contributed by atoms with van der Waals surface area (Å²) in [7, 11) is 0. The fourth-order valence-corrected chi connectivity index (χ4v) is 2.59. The van der Waals surface area contributed by atoms with Gasteiger partial charge in [0.25, 0.3) is 5.56 Å². The minimum absolute atomic E-state index is 0.254. The van der Waals surface area contributed by atoms with E-state index in [9.17, 15) is 4.79 Å². The lowest BCUT2D eigenvalue weighted by Crippen LogP contribution is -2.15. The molecule has 0 saturated heterocycles. The molecule has 0 aliphatic heterocycles. The van der Waals surface area contributed by atoms with E-state index in [0.29, 0.717) is 21.4 Å². The van der Waals surface area contributed by atoms with E-state index in [1.54, 1.807) is 25.1 Å². The minimum atomic E-state index is -0.259. The maximum Gasteiger partial charge on any atom is 0.299 e. The van der Waals surface area contributed by atoms with Gasteiger partial charge in [-0.3, -0.25) is 9.89 Å². The minimum Gasteiger partial charge on any atom is -0.293 e. The van der Waals surface area contributed by atoms with E-state index in [0.717, 1.165) is 11.3 Å². The lowest BCUT2D eigenvalue weighted by atomic mass is 10.2. The summed E-state index contributed by atoms with van der Waals surface area (Å²) >= 11 is 11.8. The SMILES string of the molecule is Cc1ccccc1-n1[nH]c(C)c(N=Nc2ccc(Cl)c(Cl)c2)c1=O. The molecule has 2 aromatic carbocycles. The maximum absolute atomic E-state index is 12.6. The normalized spacial score (nSPS) is 11.3. The molecule has 0 aliphatic rings. The standard InChI is InChI=1S/C17H14Cl2N4O/c1-10-5-3-4-6-15(10)23-17(24)16(11(2)22-23)21-20-12-7-8-13(18)14(19)9-12/h3-9,22H,1-2H3. The quantitative estimate of drug-likeness (QED) is 0.615. The summed E-state index contributed by atoms with van der Waals surface area (Å²) in [4.78, 5) is 12.6. The molecule has 7 heteroatoms. The number of para-hydroxylation sites is 1. The van der Waals surface area contributed by atoms with Crippen molar-refractivity contribution in [1.82, 2.24) is 9.78 Å². The number of hydrogen-bond acceptors (Lipinski definition) is 3. The summed E-state index contributed by atoms with van der Waals surface area (Å²) in [6, 6.07) is 12.5. The van der Waals surface area contributed by atoms with Crippen LogP contribution in [0, 0.1) is 13.8 Å². The number of aromatic amines is 1. The molecule has 1 aromatic heterocycles. The largest absolute Gasteiger partial charge is 0.299 e. The van der Waals surface area contributed by atoms with Gasteiger partial charge in [-0.1, -0.05) is 41.4 Å². The second kappa shape index (κ2) is 6.63. The fourth-order valence-electron chi connectivity index (χ4n) is 2.29. The summed E-state index contributed by atoms with van der Waals surface area (Å²) in [5.41, 5.74) is 2.91. The lowest BCUT2D eigenvalue weighted by molar-refractivity contribution is 0.829. The van der Waals surface area contributed by atoms with Crippen LogP contribution in [0.2, 0.25) is 10.0 Å². The second-order valence-electron chi connectivity index (χ2n) is 5.31. The highest BCUT2D eigenvalue weighted by molar-refractivity contribution is 6.42. The van der Waals surface area contributed by atoms with Crippen molar-refractivity contribution in [1.29, 1.82) is 0 Å². The van der Waals surface area contributed by atoms with Crippen LogP contribution < -0.4 is 5.56 Å². The molecule has 3 aromatic rings. The zero-order chi connectivity index (χ0) is 17.3. The van der Waals surface area contributed by atoms with Gasteiger partial charge in [0.2, 0.25) is 0 Å². The average molecular weight is 361 g/mol. The van der Waals surface area contributed by atoms with Gasteiger partial charge in [0, 0.05) is 0 Å². The molecule has 0 atom stereocenters. The fraction of sp³-hybridized carbons (Fsp3) is 0.118. The second-order valence-corrected chi connectivity index (χ2v) is 6.13. The summed E-state index contributed by atoms with van der Waals surface area (Å²) in [5.74, 6) is 0. The molecule has 0 amide bonds. The Hall–Kier alpha value is -2.37. The first-order valence-corrected chi connectivity index (χ1v) is 7.97. The third kappa shape index (κ3) is 3.13. The van der Waals surface area contributed by atoms with Crippen LogP contribution in [0.25, 0.3) is 5.69 Å². The topological polar surface area (TPSA) is 62.5 Å². The lowest BCUT2D eigenvalue weighted by Gasteiger charge is -2.04. The van der Waals surface area contributed by atoms with Gasteiger partial charge < -0.3 is 0 Å². The van der Waals surface area contributed by atoms with E-state index in [1.165, 1.54) is 4.68 Å². The van der Waals surface area contributed by atoms with Crippen molar-refractivity contribution in [2.24, 2.45) is 10.2 Å². The number of H-pyrrole nitrogens is 1. The van der Waals surface area contributed by atoms with Gasteiger partial charge in [0.05, 0.1) is 27.1 Å². The number of azo groups is 1. The molecule has 3 rings (SSSR count). The van der Waals surface area contributed by atoms with Gasteiger partial charge >= 0.3 is 0 Å². The Morgan fingerprint density at radius 3 is 2.46 bits per heavy atom. The average Bonchev–Trinajstić information content (AvgIpc) is 2.83. The van der Waals surface area contributed by atoms with Crippen molar-refractivity contribution in [3.63, 3.8) is 0 Å². The van der Waals surface area contributed by atoms with Crippen LogP contribution in [0.5, 0.6) is 0 Å². The highest BCUT2D eigenvalue weighted by Crippen LogP contribution is 2.27. The van der Waals surface area contributed by atoms with Crippen LogP contribution in [-0.2, 0) is 0 Å². The first-order valence-electron chi connectivity index (χ1n) is 7.22. The Bertz CT molecular complexity index is 988. The van der Waals surface area contributed by atoms with Gasteiger partial charge in [-0.05, 0) is 43.7 Å². The van der Waals surface area contributed by atoms with E-state index >= 15 is 0 Å². The third-order valence-corrected chi connectivity index (χ3v) is 4.30. The van der Waals surface area contributed by atoms with Gasteiger partial charge in [-0.15, -0.1) is 5.11 Å². The van der Waals surface area contributed by atoms with Gasteiger partial charge in [-0.2, -0.15) is 5.11 Å². The van der Waals surface area contributed by atoms with Crippen molar-refractivity contribution in [3.05, 3.63) is 74.1 Å². The van der Waals surface area contributed by atoms with Gasteiger partial charge in [0.15, 0.2) is 5.69 Å². The number of halogens is 2. The molecular weight excluding hydrogens is 347 g/mol. The molecule has 122 valence electrons. The highest BCUT2D eigenvalue weighted by atomic mass is 35.5. The van der Waals surface area contributed by atoms with E-state index in [1.807, 2.05) is 31.2 Å². The predicted molar refractivity (Wildman–Crippen MR) is 96.5 cm³/mol. The zero-order valence-electron chi connectivity index (χ0n) is 13.0. The molecule has 0 fully saturated rings. The Morgan fingerprint density at radius 1 is 1.00 bits per heavy atom. The highest BCUT2D eigenvalue weighted by Gasteiger charge is 2.13. The Kier molecular flexibility index (Phi) is 4.55. The van der Waals surface area contributed by atoms with Crippen molar-refractivity contribution in [2.45, 2.75) is 13.8 Å². The van der Waals surface area contributed by atoms with Crippen LogP contribution in [0.3, 0.4) is 0 Å². The zero-order valence-corrected chi connectivity index (χ0v) is 14.6. The molecule has 1 N–H and O–H groups in total. The molecule has 5 nitrogen and oxygen atoms in total. The molecule has 0 spiro atoms. The van der Waals surface area contributed by atoms with E-state index in [-0.39, 0.29) is 11.2 Å². The van der Waals surface area contributed by atoms with E-state index in [4.69, 9.17) is 23.2 Å². The van der Waals surface area contributed by atoms with Gasteiger partial charge in [0.1, 0.15) is 0 Å². The maximum atomic E-state index is 12.6. The summed E-state index contributed by atoms with van der Waals surface area (Å²) in [6.45, 7) is 3.72. The van der Waals surface area contributed by atoms with Crippen LogP contribution in [-0.4, -0.2) is 9.78 Å². The number of aryl methyl sites for hydroxylation is 2. The molecule has 0 aliphatic carbocycles. The van der Waals surface area contributed by atoms with Crippen LogP contribution in [0.1, 0.15) is 11.3 Å². The van der Waals surface area contributed by atoms with Crippen LogP contribution in [0.15, 0.2) is 57.5 Å². The Balaban J connectivity index is 2.01. The summed E-state index contributed by atoms with van der Waals surface area (Å²) < 4.78 is 1.47. The molecular formula is C17H14Cl2N4O. The van der Waals surface area contributed by atoms with Crippen molar-refractivity contribution in [2.75, 3.05) is 0 Å². The summed E-state index contributed by atoms with van der Waals surface area (Å²) in [6.07, 6.45) is 0. The predicted octanol–water partition coefficient (Wildman–Crippen LogP) is 5.50. The number of hydrogen-bond donors (Lipinski definition) is 1. The monoisotopic (exact) mass is 360 g/mol. The first-order chi connectivity index (χ1) is 11.5. The molecule has 24 heavy (non-hydrogen) atoms. The Labute approximate surface area is 148 Å². The van der Waals surface area contributed by atoms with E-state index < -0.39 is 0 Å². The van der Waals surface area contributed by atoms with Crippen molar-refractivity contribution in [3.8, 4) is 5.69 Å². The molecule has 0 saturated carbocycles. The molecule has 0 unspecified atom stereocenters. The van der Waals surface area contributed by atoms with Crippen molar-refractivity contribution >= 4 is 34.6 Å².